The lowest BCUT2D eigenvalue weighted by atomic mass is 10.4. The van der Waals surface area contributed by atoms with Crippen LogP contribution in [0.3, 0.4) is 0 Å². The van der Waals surface area contributed by atoms with Crippen LogP contribution in [0.5, 0.6) is 0 Å². The van der Waals surface area contributed by atoms with Crippen molar-refractivity contribution in [3.8, 4) is 0 Å². The lowest BCUT2D eigenvalue weighted by Gasteiger charge is -2.16. The molecule has 0 fully saturated rings. The van der Waals surface area contributed by atoms with E-state index >= 15 is 0 Å². The molecule has 0 amide bonds. The first-order valence-electron chi connectivity index (χ1n) is 6.57. The van der Waals surface area contributed by atoms with Gasteiger partial charge in [0.1, 0.15) is 4.90 Å². The molecular weight excluding hydrogens is 365 g/mol. The lowest BCUT2D eigenvalue weighted by Crippen LogP contribution is -2.27. The Morgan fingerprint density at radius 2 is 1.96 bits per heavy atom. The second-order valence-corrected chi connectivity index (χ2v) is 7.46. The van der Waals surface area contributed by atoms with Crippen molar-refractivity contribution in [2.45, 2.75) is 17.9 Å². The monoisotopic (exact) mass is 379 g/mol. The minimum absolute atomic E-state index is 0.0515. The molecule has 0 unspecified atom stereocenters. The van der Waals surface area contributed by atoms with Gasteiger partial charge in [-0.05, 0) is 12.1 Å². The predicted octanol–water partition coefficient (Wildman–Crippen LogP) is 2.39. The van der Waals surface area contributed by atoms with E-state index in [1.807, 2.05) is 0 Å². The number of nitrogens with zero attached hydrogens (tertiary/aromatic N) is 3. The van der Waals surface area contributed by atoms with Crippen LogP contribution >= 0.6 is 23.2 Å². The highest BCUT2D eigenvalue weighted by Crippen LogP contribution is 2.31. The third kappa shape index (κ3) is 4.21. The van der Waals surface area contributed by atoms with E-state index in [-0.39, 0.29) is 27.4 Å². The zero-order valence-electron chi connectivity index (χ0n) is 12.5. The molecule has 2 aromatic rings. The summed E-state index contributed by atoms with van der Waals surface area (Å²) in [6.07, 6.45) is 0.479. The third-order valence-electron chi connectivity index (χ3n) is 2.99. The fourth-order valence-electron chi connectivity index (χ4n) is 1.81. The van der Waals surface area contributed by atoms with Crippen LogP contribution in [0.2, 0.25) is 10.0 Å². The molecule has 0 radical (unpaired) electrons. The van der Waals surface area contributed by atoms with Gasteiger partial charge < -0.3 is 9.26 Å². The average Bonchev–Trinajstić information content (AvgIpc) is 2.92. The minimum atomic E-state index is -3.89. The van der Waals surface area contributed by atoms with Crippen LogP contribution in [0.25, 0.3) is 0 Å². The van der Waals surface area contributed by atoms with E-state index in [2.05, 4.69) is 10.1 Å². The molecule has 0 saturated heterocycles. The maximum atomic E-state index is 12.6. The molecule has 1 heterocycles. The van der Waals surface area contributed by atoms with Gasteiger partial charge in [-0.15, -0.1) is 0 Å². The van der Waals surface area contributed by atoms with E-state index in [4.69, 9.17) is 32.5 Å². The maximum Gasteiger partial charge on any atom is 0.246 e. The molecule has 23 heavy (non-hydrogen) atoms. The molecule has 0 N–H and O–H groups in total. The maximum absolute atomic E-state index is 12.6. The number of ether oxygens (including phenoxy) is 1. The summed E-state index contributed by atoms with van der Waals surface area (Å²) in [5, 5.41) is 3.86. The highest BCUT2D eigenvalue weighted by molar-refractivity contribution is 7.89. The zero-order chi connectivity index (χ0) is 17.0. The quantitative estimate of drug-likeness (QED) is 0.733. The first-order valence-corrected chi connectivity index (χ1v) is 8.76. The van der Waals surface area contributed by atoms with E-state index in [1.165, 1.54) is 19.2 Å². The molecule has 1 aromatic heterocycles. The van der Waals surface area contributed by atoms with Gasteiger partial charge in [0.15, 0.2) is 5.82 Å². The zero-order valence-corrected chi connectivity index (χ0v) is 14.8. The Kier molecular flexibility index (Phi) is 5.99. The predicted molar refractivity (Wildman–Crippen MR) is 85.0 cm³/mol. The minimum Gasteiger partial charge on any atom is -0.384 e. The standard InChI is InChI=1S/C13H15Cl2N3O4S/c1-18(8-12-16-11(17-22-12)6-7-21-2)23(19,20)13-9(14)4-3-5-10(13)15/h3-5H,6-8H2,1-2H3. The summed E-state index contributed by atoms with van der Waals surface area (Å²) in [7, 11) is -0.942. The van der Waals surface area contributed by atoms with Crippen molar-refractivity contribution in [3.05, 3.63) is 40.0 Å². The van der Waals surface area contributed by atoms with Crippen molar-refractivity contribution < 1.29 is 17.7 Å². The van der Waals surface area contributed by atoms with Crippen LogP contribution < -0.4 is 0 Å². The molecule has 2 rings (SSSR count). The largest absolute Gasteiger partial charge is 0.384 e. The van der Waals surface area contributed by atoms with E-state index in [1.54, 1.807) is 13.2 Å². The fourth-order valence-corrected chi connectivity index (χ4v) is 4.01. The van der Waals surface area contributed by atoms with Crippen molar-refractivity contribution in [3.63, 3.8) is 0 Å². The Labute approximate surface area is 144 Å². The normalized spacial score (nSPS) is 12.0. The summed E-state index contributed by atoms with van der Waals surface area (Å²) in [5.41, 5.74) is 0. The van der Waals surface area contributed by atoms with Crippen molar-refractivity contribution >= 4 is 33.2 Å². The number of sulfonamides is 1. The molecule has 0 atom stereocenters. The van der Waals surface area contributed by atoms with Gasteiger partial charge in [-0.1, -0.05) is 34.4 Å². The molecule has 0 aliphatic heterocycles. The van der Waals surface area contributed by atoms with Crippen molar-refractivity contribution in [1.82, 2.24) is 14.4 Å². The second-order valence-electron chi connectivity index (χ2n) is 4.66. The van der Waals surface area contributed by atoms with Crippen LogP contribution in [0.4, 0.5) is 0 Å². The van der Waals surface area contributed by atoms with Crippen molar-refractivity contribution in [1.29, 1.82) is 0 Å². The Hall–Kier alpha value is -1.19. The molecule has 0 saturated carbocycles. The smallest absolute Gasteiger partial charge is 0.246 e. The van der Waals surface area contributed by atoms with Crippen molar-refractivity contribution in [2.24, 2.45) is 0 Å². The molecule has 10 heteroatoms. The Balaban J connectivity index is 2.19. The third-order valence-corrected chi connectivity index (χ3v) is 5.74. The van der Waals surface area contributed by atoms with Crippen molar-refractivity contribution in [2.75, 3.05) is 20.8 Å². The first kappa shape index (κ1) is 18.2. The molecule has 7 nitrogen and oxygen atoms in total. The van der Waals surface area contributed by atoms with Gasteiger partial charge in [-0.25, -0.2) is 8.42 Å². The molecular formula is C13H15Cl2N3O4S. The summed E-state index contributed by atoms with van der Waals surface area (Å²) < 4.78 is 36.2. The van der Waals surface area contributed by atoms with Crippen LogP contribution in [0, 0.1) is 0 Å². The lowest BCUT2D eigenvalue weighted by molar-refractivity contribution is 0.199. The van der Waals surface area contributed by atoms with Crippen LogP contribution in [-0.2, 0) is 27.7 Å². The Morgan fingerprint density at radius 1 is 1.30 bits per heavy atom. The highest BCUT2D eigenvalue weighted by atomic mass is 35.5. The first-order chi connectivity index (χ1) is 10.9. The van der Waals surface area contributed by atoms with Gasteiger partial charge in [0.2, 0.25) is 15.9 Å². The molecule has 0 spiro atoms. The fraction of sp³-hybridized carbons (Fsp3) is 0.385. The summed E-state index contributed by atoms with van der Waals surface area (Å²) >= 11 is 11.9. The van der Waals surface area contributed by atoms with Gasteiger partial charge in [0.05, 0.1) is 23.2 Å². The van der Waals surface area contributed by atoms with Gasteiger partial charge in [-0.3, -0.25) is 0 Å². The number of methoxy groups -OCH3 is 1. The van der Waals surface area contributed by atoms with E-state index < -0.39 is 10.0 Å². The summed E-state index contributed by atoms with van der Waals surface area (Å²) in [4.78, 5) is 3.96. The highest BCUT2D eigenvalue weighted by Gasteiger charge is 2.27. The van der Waals surface area contributed by atoms with Crippen LogP contribution in [-0.4, -0.2) is 43.6 Å². The Morgan fingerprint density at radius 3 is 2.57 bits per heavy atom. The molecule has 126 valence electrons. The Bertz CT molecular complexity index is 759. The summed E-state index contributed by atoms with van der Waals surface area (Å²) in [6.45, 7) is 0.353. The van der Waals surface area contributed by atoms with Gasteiger partial charge >= 0.3 is 0 Å². The van der Waals surface area contributed by atoms with Gasteiger partial charge in [-0.2, -0.15) is 9.29 Å². The molecule has 1 aromatic carbocycles. The summed E-state index contributed by atoms with van der Waals surface area (Å²) in [6, 6.07) is 4.50. The SMILES string of the molecule is COCCc1noc(CN(C)S(=O)(=O)c2c(Cl)cccc2Cl)n1. The average molecular weight is 380 g/mol. The van der Waals surface area contributed by atoms with Gasteiger partial charge in [0.25, 0.3) is 0 Å². The number of halogens is 2. The molecule has 0 bridgehead atoms. The number of hydrogen-bond acceptors (Lipinski definition) is 6. The summed E-state index contributed by atoms with van der Waals surface area (Å²) in [5.74, 6) is 0.619. The molecule has 0 aliphatic carbocycles. The van der Waals surface area contributed by atoms with Gasteiger partial charge in [0, 0.05) is 20.6 Å². The van der Waals surface area contributed by atoms with E-state index in [0.717, 1.165) is 4.31 Å². The van der Waals surface area contributed by atoms with Crippen LogP contribution in [0.1, 0.15) is 11.7 Å². The second kappa shape index (κ2) is 7.59. The van der Waals surface area contributed by atoms with E-state index in [0.29, 0.717) is 18.9 Å². The van der Waals surface area contributed by atoms with Crippen LogP contribution in [0.15, 0.2) is 27.6 Å². The number of aromatic nitrogens is 2. The number of benzene rings is 1. The number of rotatable bonds is 7. The molecule has 0 aliphatic rings. The topological polar surface area (TPSA) is 85.5 Å². The number of hydrogen-bond donors (Lipinski definition) is 0. The van der Waals surface area contributed by atoms with E-state index in [9.17, 15) is 8.42 Å².